The van der Waals surface area contributed by atoms with Gasteiger partial charge in [-0.15, -0.1) is 0 Å². The van der Waals surface area contributed by atoms with E-state index in [4.69, 9.17) is 11.5 Å². The Morgan fingerprint density at radius 2 is 2.36 bits per heavy atom. The highest BCUT2D eigenvalue weighted by molar-refractivity contribution is 5.87. The van der Waals surface area contributed by atoms with E-state index < -0.39 is 17.3 Å². The second kappa shape index (κ2) is 2.47. The number of nitrogens with two attached hydrogens (primary N) is 2. The molecular weight excluding hydrogens is 147 g/mol. The van der Waals surface area contributed by atoms with E-state index in [1.54, 1.807) is 0 Å². The van der Waals surface area contributed by atoms with Crippen molar-refractivity contribution in [2.24, 2.45) is 11.5 Å². The average molecular weight is 156 g/mol. The Bertz CT molecular complexity index is 247. The number of hydrogen-bond acceptors (Lipinski definition) is 2. The van der Waals surface area contributed by atoms with Crippen LogP contribution in [0, 0.1) is 0 Å². The van der Waals surface area contributed by atoms with Gasteiger partial charge in [-0.25, -0.2) is 4.39 Å². The molecule has 3 nitrogen and oxygen atoms in total. The van der Waals surface area contributed by atoms with Crippen molar-refractivity contribution in [3.63, 3.8) is 0 Å². The molecule has 0 radical (unpaired) electrons. The van der Waals surface area contributed by atoms with E-state index in [-0.39, 0.29) is 6.42 Å². The summed E-state index contributed by atoms with van der Waals surface area (Å²) in [5.74, 6) is -1.23. The van der Waals surface area contributed by atoms with Gasteiger partial charge in [0, 0.05) is 0 Å². The van der Waals surface area contributed by atoms with Gasteiger partial charge in [0.05, 0.1) is 0 Å². The molecular formula is C7H9FN2O. The van der Waals surface area contributed by atoms with Crippen LogP contribution in [-0.4, -0.2) is 11.4 Å². The number of hydrogen-bond donors (Lipinski definition) is 2. The Balaban J connectivity index is 2.92. The summed E-state index contributed by atoms with van der Waals surface area (Å²) in [6.07, 6.45) is 4.04. The van der Waals surface area contributed by atoms with E-state index >= 15 is 0 Å². The molecule has 0 saturated carbocycles. The summed E-state index contributed by atoms with van der Waals surface area (Å²) in [6, 6.07) is 0. The van der Waals surface area contributed by atoms with Crippen molar-refractivity contribution in [1.82, 2.24) is 0 Å². The fourth-order valence-electron chi connectivity index (χ4n) is 0.891. The van der Waals surface area contributed by atoms with Crippen LogP contribution in [0.25, 0.3) is 0 Å². The molecule has 1 aliphatic carbocycles. The predicted octanol–water partition coefficient (Wildman–Crippen LogP) is -0.0175. The Morgan fingerprint density at radius 3 is 2.73 bits per heavy atom. The highest BCUT2D eigenvalue weighted by Crippen LogP contribution is 2.18. The summed E-state index contributed by atoms with van der Waals surface area (Å²) in [4.78, 5) is 10.7. The van der Waals surface area contributed by atoms with Gasteiger partial charge in [0.1, 0.15) is 11.4 Å². The zero-order chi connectivity index (χ0) is 8.48. The average Bonchev–Trinajstić information content (AvgIpc) is 1.86. The smallest absolute Gasteiger partial charge is 0.241 e. The number of carbonyl (C=O) groups excluding carboxylic acids is 1. The number of allylic oxidation sites excluding steroid dienone is 2. The lowest BCUT2D eigenvalue weighted by molar-refractivity contribution is -0.121. The molecule has 0 heterocycles. The van der Waals surface area contributed by atoms with Crippen molar-refractivity contribution >= 4 is 5.91 Å². The molecule has 0 saturated heterocycles. The van der Waals surface area contributed by atoms with Gasteiger partial charge in [-0.2, -0.15) is 0 Å². The zero-order valence-corrected chi connectivity index (χ0v) is 5.88. The summed E-state index contributed by atoms with van der Waals surface area (Å²) < 4.78 is 12.5. The van der Waals surface area contributed by atoms with Crippen molar-refractivity contribution in [1.29, 1.82) is 0 Å². The first-order valence-electron chi connectivity index (χ1n) is 3.18. The van der Waals surface area contributed by atoms with Gasteiger partial charge in [-0.3, -0.25) is 4.79 Å². The van der Waals surface area contributed by atoms with E-state index in [1.807, 2.05) is 0 Å². The number of carbonyl (C=O) groups is 1. The molecule has 1 atom stereocenters. The zero-order valence-electron chi connectivity index (χ0n) is 5.88. The quantitative estimate of drug-likeness (QED) is 0.560. The molecule has 60 valence electrons. The molecule has 0 aliphatic heterocycles. The van der Waals surface area contributed by atoms with Crippen LogP contribution in [-0.2, 0) is 4.79 Å². The minimum absolute atomic E-state index is 0.260. The molecule has 0 spiro atoms. The van der Waals surface area contributed by atoms with Crippen LogP contribution in [0.15, 0.2) is 24.1 Å². The van der Waals surface area contributed by atoms with E-state index in [0.717, 1.165) is 6.08 Å². The second-order valence-electron chi connectivity index (χ2n) is 2.54. The van der Waals surface area contributed by atoms with Crippen molar-refractivity contribution in [3.8, 4) is 0 Å². The number of primary amides is 1. The number of halogens is 1. The third-order valence-corrected chi connectivity index (χ3v) is 1.59. The van der Waals surface area contributed by atoms with Gasteiger partial charge < -0.3 is 11.5 Å². The lowest BCUT2D eigenvalue weighted by Gasteiger charge is -2.22. The highest BCUT2D eigenvalue weighted by atomic mass is 19.1. The summed E-state index contributed by atoms with van der Waals surface area (Å²) in [7, 11) is 0. The molecule has 0 aromatic carbocycles. The molecule has 1 rings (SSSR count). The van der Waals surface area contributed by atoms with Crippen molar-refractivity contribution in [3.05, 3.63) is 24.1 Å². The summed E-state index contributed by atoms with van der Waals surface area (Å²) in [5.41, 5.74) is 9.07. The molecule has 1 amide bonds. The minimum atomic E-state index is -1.33. The molecule has 1 aliphatic rings. The van der Waals surface area contributed by atoms with Crippen molar-refractivity contribution < 1.29 is 9.18 Å². The molecule has 0 aromatic heterocycles. The normalized spacial score (nSPS) is 29.8. The van der Waals surface area contributed by atoms with Gasteiger partial charge in [0.15, 0.2) is 0 Å². The Labute approximate surface area is 63.6 Å². The molecule has 0 aromatic rings. The second-order valence-corrected chi connectivity index (χ2v) is 2.54. The first-order valence-corrected chi connectivity index (χ1v) is 3.18. The third-order valence-electron chi connectivity index (χ3n) is 1.59. The van der Waals surface area contributed by atoms with Gasteiger partial charge in [0.25, 0.3) is 0 Å². The van der Waals surface area contributed by atoms with Gasteiger partial charge >= 0.3 is 0 Å². The van der Waals surface area contributed by atoms with Gasteiger partial charge in [-0.1, -0.05) is 6.08 Å². The number of amides is 1. The van der Waals surface area contributed by atoms with Crippen LogP contribution < -0.4 is 11.5 Å². The summed E-state index contributed by atoms with van der Waals surface area (Å²) in [5, 5.41) is 0. The van der Waals surface area contributed by atoms with Crippen molar-refractivity contribution in [2.45, 2.75) is 12.0 Å². The van der Waals surface area contributed by atoms with Gasteiger partial charge in [0.2, 0.25) is 5.91 Å². The first kappa shape index (κ1) is 7.94. The summed E-state index contributed by atoms with van der Waals surface area (Å²) >= 11 is 0. The fraction of sp³-hybridized carbons (Fsp3) is 0.286. The molecule has 11 heavy (non-hydrogen) atoms. The fourth-order valence-corrected chi connectivity index (χ4v) is 0.891. The lowest BCUT2D eigenvalue weighted by Crippen LogP contribution is -2.50. The topological polar surface area (TPSA) is 69.1 Å². The standard InChI is InChI=1S/C7H9FN2O/c8-5-2-1-3-7(10,4-5)6(9)11/h1-2,4H,3,10H2,(H2,9,11). The van der Waals surface area contributed by atoms with Crippen LogP contribution in [0.5, 0.6) is 0 Å². The Kier molecular flexibility index (Phi) is 1.78. The largest absolute Gasteiger partial charge is 0.368 e. The molecule has 0 fully saturated rings. The lowest BCUT2D eigenvalue weighted by atomic mass is 9.91. The van der Waals surface area contributed by atoms with E-state index in [0.29, 0.717) is 0 Å². The molecule has 1 unspecified atom stereocenters. The van der Waals surface area contributed by atoms with E-state index in [1.165, 1.54) is 12.2 Å². The van der Waals surface area contributed by atoms with E-state index in [9.17, 15) is 9.18 Å². The predicted molar refractivity (Wildman–Crippen MR) is 39.1 cm³/mol. The first-order chi connectivity index (χ1) is 5.04. The minimum Gasteiger partial charge on any atom is -0.368 e. The third kappa shape index (κ3) is 1.46. The molecule has 4 N–H and O–H groups in total. The molecule has 0 bridgehead atoms. The van der Waals surface area contributed by atoms with Crippen LogP contribution in [0.1, 0.15) is 6.42 Å². The maximum atomic E-state index is 12.5. The Morgan fingerprint density at radius 1 is 1.73 bits per heavy atom. The highest BCUT2D eigenvalue weighted by Gasteiger charge is 2.30. The van der Waals surface area contributed by atoms with Crippen LogP contribution >= 0.6 is 0 Å². The van der Waals surface area contributed by atoms with Crippen LogP contribution in [0.3, 0.4) is 0 Å². The van der Waals surface area contributed by atoms with Crippen LogP contribution in [0.2, 0.25) is 0 Å². The maximum Gasteiger partial charge on any atom is 0.241 e. The Hall–Kier alpha value is -1.16. The van der Waals surface area contributed by atoms with Gasteiger partial charge in [-0.05, 0) is 18.6 Å². The maximum absolute atomic E-state index is 12.5. The monoisotopic (exact) mass is 156 g/mol. The van der Waals surface area contributed by atoms with Crippen LogP contribution in [0.4, 0.5) is 4.39 Å². The number of rotatable bonds is 1. The molecule has 4 heteroatoms. The summed E-state index contributed by atoms with van der Waals surface area (Å²) in [6.45, 7) is 0. The SMILES string of the molecule is NC(=O)C1(N)C=C(F)C=CC1. The van der Waals surface area contributed by atoms with Crippen molar-refractivity contribution in [2.75, 3.05) is 0 Å². The van der Waals surface area contributed by atoms with E-state index in [2.05, 4.69) is 0 Å².